The SMILES string of the molecule is CCCNC(=O)c1nn(-c2cccc(C)c2)c(=O)n(Cc2ccccc2C)c1=O. The lowest BCUT2D eigenvalue weighted by Crippen LogP contribution is -2.46. The van der Waals surface area contributed by atoms with Crippen LogP contribution in [0.2, 0.25) is 0 Å². The lowest BCUT2D eigenvalue weighted by atomic mass is 10.1. The molecule has 7 heteroatoms. The van der Waals surface area contributed by atoms with Crippen LogP contribution in [-0.2, 0) is 6.54 Å². The van der Waals surface area contributed by atoms with Gasteiger partial charge in [-0.1, -0.05) is 43.3 Å². The van der Waals surface area contributed by atoms with E-state index in [-0.39, 0.29) is 12.2 Å². The fourth-order valence-electron chi connectivity index (χ4n) is 3.00. The minimum atomic E-state index is -0.698. The number of benzene rings is 2. The Labute approximate surface area is 168 Å². The highest BCUT2D eigenvalue weighted by Gasteiger charge is 2.20. The molecule has 150 valence electrons. The van der Waals surface area contributed by atoms with Gasteiger partial charge in [0.25, 0.3) is 11.5 Å². The highest BCUT2D eigenvalue weighted by molar-refractivity contribution is 5.91. The molecule has 0 aliphatic heterocycles. The standard InChI is InChI=1S/C22H24N4O3/c1-4-12-23-20(27)19-21(28)25(14-17-10-6-5-9-16(17)3)22(29)26(24-19)18-11-7-8-15(2)13-18/h5-11,13H,4,12,14H2,1-3H3,(H,23,27). The summed E-state index contributed by atoms with van der Waals surface area (Å²) in [6, 6.07) is 14.7. The summed E-state index contributed by atoms with van der Waals surface area (Å²) in [5.74, 6) is -0.586. The largest absolute Gasteiger partial charge is 0.352 e. The monoisotopic (exact) mass is 392 g/mol. The van der Waals surface area contributed by atoms with Crippen LogP contribution in [0.5, 0.6) is 0 Å². The Morgan fingerprint density at radius 1 is 1.07 bits per heavy atom. The lowest BCUT2D eigenvalue weighted by Gasteiger charge is -2.13. The Hall–Kier alpha value is -3.48. The fraction of sp³-hybridized carbons (Fsp3) is 0.273. The van der Waals surface area contributed by atoms with Crippen LogP contribution in [0, 0.1) is 13.8 Å². The first kappa shape index (κ1) is 20.3. The van der Waals surface area contributed by atoms with Crippen molar-refractivity contribution in [3.8, 4) is 5.69 Å². The first-order valence-electron chi connectivity index (χ1n) is 9.56. The second-order valence-corrected chi connectivity index (χ2v) is 6.96. The Morgan fingerprint density at radius 2 is 1.83 bits per heavy atom. The molecule has 0 unspecified atom stereocenters. The van der Waals surface area contributed by atoms with Crippen LogP contribution in [0.4, 0.5) is 0 Å². The zero-order valence-electron chi connectivity index (χ0n) is 16.8. The minimum absolute atomic E-state index is 0.0622. The van der Waals surface area contributed by atoms with E-state index in [4.69, 9.17) is 0 Å². The molecular weight excluding hydrogens is 368 g/mol. The zero-order valence-corrected chi connectivity index (χ0v) is 16.8. The van der Waals surface area contributed by atoms with E-state index in [9.17, 15) is 14.4 Å². The van der Waals surface area contributed by atoms with Gasteiger partial charge in [0.05, 0.1) is 12.2 Å². The number of amides is 1. The summed E-state index contributed by atoms with van der Waals surface area (Å²) in [6.07, 6.45) is 0.723. The number of rotatable bonds is 6. The summed E-state index contributed by atoms with van der Waals surface area (Å²) >= 11 is 0. The first-order valence-corrected chi connectivity index (χ1v) is 9.56. The van der Waals surface area contributed by atoms with E-state index >= 15 is 0 Å². The lowest BCUT2D eigenvalue weighted by molar-refractivity contribution is 0.0944. The van der Waals surface area contributed by atoms with Crippen molar-refractivity contribution in [2.45, 2.75) is 33.7 Å². The molecule has 0 saturated heterocycles. The minimum Gasteiger partial charge on any atom is -0.350 e. The molecule has 0 spiro atoms. The average Bonchev–Trinajstić information content (AvgIpc) is 2.70. The second-order valence-electron chi connectivity index (χ2n) is 6.96. The number of nitrogens with zero attached hydrogens (tertiary/aromatic N) is 3. The van der Waals surface area contributed by atoms with Gasteiger partial charge in [-0.3, -0.25) is 14.2 Å². The number of aromatic nitrogens is 3. The second kappa shape index (κ2) is 8.68. The molecule has 0 bridgehead atoms. The molecule has 7 nitrogen and oxygen atoms in total. The molecule has 0 aliphatic rings. The van der Waals surface area contributed by atoms with Gasteiger partial charge in [-0.25, -0.2) is 4.79 Å². The van der Waals surface area contributed by atoms with Gasteiger partial charge in [0.1, 0.15) is 0 Å². The third kappa shape index (κ3) is 4.34. The molecule has 3 aromatic rings. The van der Waals surface area contributed by atoms with Crippen LogP contribution in [0.3, 0.4) is 0 Å². The van der Waals surface area contributed by atoms with Gasteiger partial charge in [-0.05, 0) is 49.1 Å². The van der Waals surface area contributed by atoms with Crippen LogP contribution in [0.15, 0.2) is 58.1 Å². The number of aryl methyl sites for hydroxylation is 2. The predicted octanol–water partition coefficient (Wildman–Crippen LogP) is 2.20. The van der Waals surface area contributed by atoms with E-state index in [1.807, 2.05) is 51.1 Å². The molecule has 0 atom stereocenters. The Bertz CT molecular complexity index is 1160. The first-order chi connectivity index (χ1) is 13.9. The summed E-state index contributed by atoms with van der Waals surface area (Å²) in [4.78, 5) is 38.7. The van der Waals surface area contributed by atoms with E-state index < -0.39 is 17.2 Å². The zero-order chi connectivity index (χ0) is 21.0. The van der Waals surface area contributed by atoms with Gasteiger partial charge >= 0.3 is 5.69 Å². The number of hydrogen-bond acceptors (Lipinski definition) is 4. The molecule has 1 heterocycles. The van der Waals surface area contributed by atoms with Crippen molar-refractivity contribution >= 4 is 5.91 Å². The van der Waals surface area contributed by atoms with Crippen LogP contribution < -0.4 is 16.6 Å². The molecule has 2 aromatic carbocycles. The van der Waals surface area contributed by atoms with Crippen molar-refractivity contribution in [3.63, 3.8) is 0 Å². The molecule has 0 fully saturated rings. The maximum atomic E-state index is 13.1. The Kier molecular flexibility index (Phi) is 6.07. The van der Waals surface area contributed by atoms with Gasteiger partial charge in [0.2, 0.25) is 5.69 Å². The van der Waals surface area contributed by atoms with Crippen LogP contribution in [0.1, 0.15) is 40.5 Å². The smallest absolute Gasteiger partial charge is 0.350 e. The van der Waals surface area contributed by atoms with Gasteiger partial charge in [-0.15, -0.1) is 0 Å². The fourth-order valence-corrected chi connectivity index (χ4v) is 3.00. The van der Waals surface area contributed by atoms with E-state index in [1.165, 1.54) is 0 Å². The molecule has 29 heavy (non-hydrogen) atoms. The summed E-state index contributed by atoms with van der Waals surface area (Å²) in [6.45, 7) is 6.20. The van der Waals surface area contributed by atoms with Crippen molar-refractivity contribution in [2.24, 2.45) is 0 Å². The van der Waals surface area contributed by atoms with Gasteiger partial charge in [0.15, 0.2) is 0 Å². The number of hydrogen-bond donors (Lipinski definition) is 1. The molecule has 0 aliphatic carbocycles. The highest BCUT2D eigenvalue weighted by atomic mass is 16.2. The number of carbonyl (C=O) groups is 1. The summed E-state index contributed by atoms with van der Waals surface area (Å²) in [7, 11) is 0. The number of nitrogens with one attached hydrogen (secondary N) is 1. The topological polar surface area (TPSA) is 86.0 Å². The molecule has 0 radical (unpaired) electrons. The van der Waals surface area contributed by atoms with Gasteiger partial charge in [0, 0.05) is 6.54 Å². The summed E-state index contributed by atoms with van der Waals surface area (Å²) in [5.41, 5.74) is 1.63. The van der Waals surface area contributed by atoms with Crippen molar-refractivity contribution < 1.29 is 4.79 Å². The van der Waals surface area contributed by atoms with Crippen LogP contribution >= 0.6 is 0 Å². The number of carbonyl (C=O) groups excluding carboxylic acids is 1. The molecule has 1 amide bonds. The van der Waals surface area contributed by atoms with Crippen molar-refractivity contribution in [2.75, 3.05) is 6.54 Å². The van der Waals surface area contributed by atoms with Gasteiger partial charge < -0.3 is 5.32 Å². The maximum absolute atomic E-state index is 13.1. The van der Waals surface area contributed by atoms with Crippen molar-refractivity contribution in [1.29, 1.82) is 0 Å². The molecule has 0 saturated carbocycles. The maximum Gasteiger partial charge on any atom is 0.352 e. The highest BCUT2D eigenvalue weighted by Crippen LogP contribution is 2.09. The molecule has 1 aromatic heterocycles. The van der Waals surface area contributed by atoms with Gasteiger partial charge in [-0.2, -0.15) is 9.78 Å². The van der Waals surface area contributed by atoms with Crippen LogP contribution in [-0.4, -0.2) is 26.8 Å². The van der Waals surface area contributed by atoms with E-state index in [0.29, 0.717) is 12.2 Å². The van der Waals surface area contributed by atoms with Crippen LogP contribution in [0.25, 0.3) is 5.69 Å². The summed E-state index contributed by atoms with van der Waals surface area (Å²) in [5, 5.41) is 6.79. The molecule has 3 rings (SSSR count). The third-order valence-electron chi connectivity index (χ3n) is 4.65. The van der Waals surface area contributed by atoms with Crippen molar-refractivity contribution in [3.05, 3.63) is 91.8 Å². The van der Waals surface area contributed by atoms with Crippen molar-refractivity contribution in [1.82, 2.24) is 19.7 Å². The van der Waals surface area contributed by atoms with E-state index in [1.54, 1.807) is 18.2 Å². The average molecular weight is 392 g/mol. The summed E-state index contributed by atoms with van der Waals surface area (Å²) < 4.78 is 2.19. The van der Waals surface area contributed by atoms with E-state index in [2.05, 4.69) is 10.4 Å². The third-order valence-corrected chi connectivity index (χ3v) is 4.65. The molecular formula is C22H24N4O3. The molecule has 1 N–H and O–H groups in total. The van der Waals surface area contributed by atoms with E-state index in [0.717, 1.165) is 32.4 Å². The normalized spacial score (nSPS) is 10.7. The predicted molar refractivity (Wildman–Crippen MR) is 112 cm³/mol. The Morgan fingerprint density at radius 3 is 2.52 bits per heavy atom. The quantitative estimate of drug-likeness (QED) is 0.697. The Balaban J connectivity index is 2.21.